The van der Waals surface area contributed by atoms with E-state index in [-0.39, 0.29) is 11.9 Å². The summed E-state index contributed by atoms with van der Waals surface area (Å²) >= 11 is 0. The number of hydrogen-bond acceptors (Lipinski definition) is 4. The highest BCUT2D eigenvalue weighted by Gasteiger charge is 2.25. The topological polar surface area (TPSA) is 38.8 Å². The highest BCUT2D eigenvalue weighted by Crippen LogP contribution is 2.28. The molecule has 142 valence electrons. The molecule has 0 aliphatic carbocycles. The first kappa shape index (κ1) is 18.4. The van der Waals surface area contributed by atoms with Crippen molar-refractivity contribution in [2.24, 2.45) is 0 Å². The molecule has 4 nitrogen and oxygen atoms in total. The fraction of sp³-hybridized carbons (Fsp3) is 0.435. The van der Waals surface area contributed by atoms with Gasteiger partial charge in [-0.2, -0.15) is 0 Å². The van der Waals surface area contributed by atoms with Gasteiger partial charge in [0.1, 0.15) is 6.10 Å². The van der Waals surface area contributed by atoms with Crippen molar-refractivity contribution in [1.29, 1.82) is 0 Å². The second kappa shape index (κ2) is 8.79. The molecule has 2 heterocycles. The molecular formula is C23H27NO3. The van der Waals surface area contributed by atoms with Gasteiger partial charge in [0.05, 0.1) is 19.8 Å². The van der Waals surface area contributed by atoms with Crippen molar-refractivity contribution in [2.45, 2.75) is 24.9 Å². The lowest BCUT2D eigenvalue weighted by molar-refractivity contribution is -0.0903. The molecule has 27 heavy (non-hydrogen) atoms. The van der Waals surface area contributed by atoms with Crippen LogP contribution in [0.2, 0.25) is 0 Å². The summed E-state index contributed by atoms with van der Waals surface area (Å²) in [5.74, 6) is 0.782. The van der Waals surface area contributed by atoms with Gasteiger partial charge < -0.3 is 14.4 Å². The largest absolute Gasteiger partial charge is 0.376 e. The van der Waals surface area contributed by atoms with Crippen LogP contribution in [-0.2, 0) is 9.47 Å². The van der Waals surface area contributed by atoms with Gasteiger partial charge in [-0.3, -0.25) is 4.79 Å². The second-order valence-electron chi connectivity index (χ2n) is 7.39. The summed E-state index contributed by atoms with van der Waals surface area (Å²) in [7, 11) is 0. The van der Waals surface area contributed by atoms with Crippen molar-refractivity contribution >= 4 is 5.78 Å². The van der Waals surface area contributed by atoms with Crippen LogP contribution in [0.15, 0.2) is 54.6 Å². The maximum Gasteiger partial charge on any atom is 0.164 e. The summed E-state index contributed by atoms with van der Waals surface area (Å²) in [6.07, 6.45) is 1.59. The van der Waals surface area contributed by atoms with E-state index in [0.29, 0.717) is 32.2 Å². The minimum Gasteiger partial charge on any atom is -0.376 e. The van der Waals surface area contributed by atoms with Crippen LogP contribution in [0.5, 0.6) is 0 Å². The molecular weight excluding hydrogens is 338 g/mol. The lowest BCUT2D eigenvalue weighted by Gasteiger charge is -2.25. The number of benzene rings is 2. The Hall–Kier alpha value is -2.01. The summed E-state index contributed by atoms with van der Waals surface area (Å²) in [4.78, 5) is 15.3. The number of likely N-dealkylation sites (tertiary alicyclic amines) is 1. The lowest BCUT2D eigenvalue weighted by Crippen LogP contribution is -2.26. The minimum absolute atomic E-state index is 0.131. The van der Waals surface area contributed by atoms with Gasteiger partial charge >= 0.3 is 0 Å². The summed E-state index contributed by atoms with van der Waals surface area (Å²) in [5, 5.41) is 0. The highest BCUT2D eigenvalue weighted by molar-refractivity contribution is 5.97. The van der Waals surface area contributed by atoms with E-state index in [9.17, 15) is 4.79 Å². The van der Waals surface area contributed by atoms with E-state index in [1.54, 1.807) is 0 Å². The molecule has 4 heteroatoms. The molecule has 0 radical (unpaired) electrons. The average molecular weight is 365 g/mol. The molecule has 0 spiro atoms. The molecule has 2 saturated heterocycles. The number of ether oxygens (including phenoxy) is 2. The van der Waals surface area contributed by atoms with Gasteiger partial charge in [-0.25, -0.2) is 0 Å². The van der Waals surface area contributed by atoms with Crippen LogP contribution in [0.25, 0.3) is 0 Å². The second-order valence-corrected chi connectivity index (χ2v) is 7.39. The number of ketones is 1. The van der Waals surface area contributed by atoms with E-state index in [4.69, 9.17) is 9.47 Å². The molecule has 0 saturated carbocycles. The molecule has 2 aromatic carbocycles. The molecule has 4 rings (SSSR count). The Balaban J connectivity index is 1.35. The third-order valence-corrected chi connectivity index (χ3v) is 5.62. The highest BCUT2D eigenvalue weighted by atomic mass is 16.6. The zero-order valence-corrected chi connectivity index (χ0v) is 15.7. The molecule has 2 atom stereocenters. The number of carbonyl (C=O) groups is 1. The third-order valence-electron chi connectivity index (χ3n) is 5.62. The molecule has 0 aromatic heterocycles. The van der Waals surface area contributed by atoms with E-state index in [1.165, 1.54) is 12.0 Å². The quantitative estimate of drug-likeness (QED) is 0.729. The molecule has 0 amide bonds. The molecule has 2 aromatic rings. The Kier molecular flexibility index (Phi) is 5.97. The molecule has 0 bridgehead atoms. The summed E-state index contributed by atoms with van der Waals surface area (Å²) < 4.78 is 11.3. The SMILES string of the molecule is O=C(CCN1CCC(c2ccccc2)C1)c1ccccc1C1COCCO1. The van der Waals surface area contributed by atoms with Gasteiger partial charge in [-0.15, -0.1) is 0 Å². The Morgan fingerprint density at radius 1 is 1.04 bits per heavy atom. The molecule has 0 N–H and O–H groups in total. The first-order valence-corrected chi connectivity index (χ1v) is 9.90. The Labute approximate surface area is 161 Å². The van der Waals surface area contributed by atoms with E-state index < -0.39 is 0 Å². The van der Waals surface area contributed by atoms with E-state index in [1.807, 2.05) is 24.3 Å². The fourth-order valence-corrected chi connectivity index (χ4v) is 4.13. The van der Waals surface area contributed by atoms with Gasteiger partial charge in [0.15, 0.2) is 5.78 Å². The number of Topliss-reactive ketones (excluding diaryl/α,β-unsaturated/α-hetero) is 1. The van der Waals surface area contributed by atoms with Crippen LogP contribution in [-0.4, -0.2) is 50.1 Å². The van der Waals surface area contributed by atoms with Gasteiger partial charge in [-0.05, 0) is 30.0 Å². The predicted molar refractivity (Wildman–Crippen MR) is 105 cm³/mol. The zero-order chi connectivity index (χ0) is 18.5. The first-order valence-electron chi connectivity index (χ1n) is 9.90. The van der Waals surface area contributed by atoms with Crippen molar-refractivity contribution < 1.29 is 14.3 Å². The number of rotatable bonds is 6. The van der Waals surface area contributed by atoms with Crippen LogP contribution < -0.4 is 0 Å². The van der Waals surface area contributed by atoms with Crippen LogP contribution in [0.4, 0.5) is 0 Å². The van der Waals surface area contributed by atoms with Crippen LogP contribution in [0.1, 0.15) is 46.3 Å². The minimum atomic E-state index is -0.131. The van der Waals surface area contributed by atoms with Gasteiger partial charge in [0.2, 0.25) is 0 Å². The van der Waals surface area contributed by atoms with E-state index in [0.717, 1.165) is 30.8 Å². The summed E-state index contributed by atoms with van der Waals surface area (Å²) in [6, 6.07) is 18.5. The smallest absolute Gasteiger partial charge is 0.164 e. The number of carbonyl (C=O) groups excluding carboxylic acids is 1. The van der Waals surface area contributed by atoms with E-state index >= 15 is 0 Å². The van der Waals surface area contributed by atoms with Gasteiger partial charge in [0.25, 0.3) is 0 Å². The summed E-state index contributed by atoms with van der Waals surface area (Å²) in [5.41, 5.74) is 3.16. The Morgan fingerprint density at radius 2 is 1.85 bits per heavy atom. The van der Waals surface area contributed by atoms with Crippen molar-refractivity contribution in [3.63, 3.8) is 0 Å². The predicted octanol–water partition coefficient (Wildman–Crippen LogP) is 3.84. The normalized spacial score (nSPS) is 23.4. The number of hydrogen-bond donors (Lipinski definition) is 0. The summed E-state index contributed by atoms with van der Waals surface area (Å²) in [6.45, 7) is 4.66. The van der Waals surface area contributed by atoms with Crippen LogP contribution >= 0.6 is 0 Å². The maximum absolute atomic E-state index is 12.9. The zero-order valence-electron chi connectivity index (χ0n) is 15.7. The van der Waals surface area contributed by atoms with Crippen molar-refractivity contribution in [3.05, 3.63) is 71.3 Å². The molecule has 2 fully saturated rings. The monoisotopic (exact) mass is 365 g/mol. The molecule has 2 aliphatic rings. The first-order chi connectivity index (χ1) is 13.3. The lowest BCUT2D eigenvalue weighted by atomic mass is 9.97. The fourth-order valence-electron chi connectivity index (χ4n) is 4.13. The van der Waals surface area contributed by atoms with Crippen LogP contribution in [0, 0.1) is 0 Å². The van der Waals surface area contributed by atoms with Crippen molar-refractivity contribution in [2.75, 3.05) is 39.5 Å². The van der Waals surface area contributed by atoms with Crippen molar-refractivity contribution in [3.8, 4) is 0 Å². The Morgan fingerprint density at radius 3 is 2.67 bits per heavy atom. The number of nitrogens with zero attached hydrogens (tertiary/aromatic N) is 1. The van der Waals surface area contributed by atoms with Gasteiger partial charge in [-0.1, -0.05) is 54.6 Å². The van der Waals surface area contributed by atoms with Crippen LogP contribution in [0.3, 0.4) is 0 Å². The van der Waals surface area contributed by atoms with Gasteiger partial charge in [0, 0.05) is 25.1 Å². The molecule has 2 unspecified atom stereocenters. The van der Waals surface area contributed by atoms with Crippen molar-refractivity contribution in [1.82, 2.24) is 4.90 Å². The third kappa shape index (κ3) is 4.46. The molecule has 2 aliphatic heterocycles. The average Bonchev–Trinajstić information content (AvgIpc) is 3.22. The maximum atomic E-state index is 12.9. The Bertz CT molecular complexity index is 755. The standard InChI is InChI=1S/C23H27NO3/c25-22(20-8-4-5-9-21(20)23-17-26-14-15-27-23)11-13-24-12-10-19(16-24)18-6-2-1-3-7-18/h1-9,19,23H,10-17H2. The van der Waals surface area contributed by atoms with E-state index in [2.05, 4.69) is 35.2 Å².